The first-order chi connectivity index (χ1) is 8.04. The van der Waals surface area contributed by atoms with E-state index in [-0.39, 0.29) is 5.91 Å². The Morgan fingerprint density at radius 1 is 1.47 bits per heavy atom. The summed E-state index contributed by atoms with van der Waals surface area (Å²) in [6.45, 7) is 4.19. The van der Waals surface area contributed by atoms with Gasteiger partial charge in [0, 0.05) is 20.0 Å². The van der Waals surface area contributed by atoms with Crippen LogP contribution in [-0.2, 0) is 9.59 Å². The van der Waals surface area contributed by atoms with Gasteiger partial charge in [-0.1, -0.05) is 6.92 Å². The van der Waals surface area contributed by atoms with Crippen LogP contribution in [0.5, 0.6) is 0 Å². The second kappa shape index (κ2) is 6.00. The number of carboxylic acid groups (broad SMARTS) is 1. The Kier molecular flexibility index (Phi) is 4.93. The molecule has 0 bridgehead atoms. The van der Waals surface area contributed by atoms with Gasteiger partial charge in [-0.05, 0) is 32.4 Å². The second-order valence-corrected chi connectivity index (χ2v) is 4.74. The van der Waals surface area contributed by atoms with Gasteiger partial charge < -0.3 is 15.3 Å². The Morgan fingerprint density at radius 2 is 2.18 bits per heavy atom. The van der Waals surface area contributed by atoms with E-state index < -0.39 is 11.4 Å². The van der Waals surface area contributed by atoms with E-state index >= 15 is 0 Å². The summed E-state index contributed by atoms with van der Waals surface area (Å²) in [5.74, 6) is -0.641. The van der Waals surface area contributed by atoms with Gasteiger partial charge in [-0.3, -0.25) is 9.59 Å². The quantitative estimate of drug-likeness (QED) is 0.719. The Morgan fingerprint density at radius 3 is 2.65 bits per heavy atom. The van der Waals surface area contributed by atoms with Gasteiger partial charge in [-0.2, -0.15) is 0 Å². The molecule has 5 nitrogen and oxygen atoms in total. The number of hydrogen-bond donors (Lipinski definition) is 2. The van der Waals surface area contributed by atoms with Crippen molar-refractivity contribution in [1.82, 2.24) is 10.2 Å². The summed E-state index contributed by atoms with van der Waals surface area (Å²) in [6, 6.07) is 0. The number of nitrogens with one attached hydrogen (secondary N) is 1. The third kappa shape index (κ3) is 3.43. The number of amides is 1. The molecule has 1 rings (SSSR count). The van der Waals surface area contributed by atoms with E-state index in [0.29, 0.717) is 19.4 Å². The molecule has 1 heterocycles. The van der Waals surface area contributed by atoms with Crippen molar-refractivity contribution in [2.75, 3.05) is 26.7 Å². The van der Waals surface area contributed by atoms with E-state index in [9.17, 15) is 14.7 Å². The monoisotopic (exact) mass is 242 g/mol. The minimum atomic E-state index is -0.686. The molecule has 1 fully saturated rings. The maximum absolute atomic E-state index is 11.2. The molecule has 0 aromatic carbocycles. The van der Waals surface area contributed by atoms with Gasteiger partial charge in [0.25, 0.3) is 0 Å². The number of aliphatic carboxylic acids is 1. The Bertz CT molecular complexity index is 293. The molecule has 1 aliphatic heterocycles. The van der Waals surface area contributed by atoms with Crippen LogP contribution < -0.4 is 5.32 Å². The zero-order chi connectivity index (χ0) is 12.9. The lowest BCUT2D eigenvalue weighted by Crippen LogP contribution is -2.34. The van der Waals surface area contributed by atoms with Crippen LogP contribution in [0.15, 0.2) is 0 Å². The first-order valence-electron chi connectivity index (χ1n) is 6.20. The molecule has 0 aromatic heterocycles. The molecule has 1 amide bonds. The molecule has 1 aliphatic rings. The number of carboxylic acids is 1. The number of likely N-dealkylation sites (tertiary alicyclic amines) is 1. The fraction of sp³-hybridized carbons (Fsp3) is 0.833. The third-order valence-electron chi connectivity index (χ3n) is 3.72. The first kappa shape index (κ1) is 14.0. The van der Waals surface area contributed by atoms with Crippen LogP contribution in [0.1, 0.15) is 32.6 Å². The molecule has 0 saturated carbocycles. The van der Waals surface area contributed by atoms with E-state index in [2.05, 4.69) is 10.2 Å². The zero-order valence-electron chi connectivity index (χ0n) is 10.7. The fourth-order valence-electron chi connectivity index (χ4n) is 2.35. The van der Waals surface area contributed by atoms with Crippen LogP contribution in [0, 0.1) is 5.41 Å². The molecule has 1 saturated heterocycles. The van der Waals surface area contributed by atoms with Gasteiger partial charge in [0.2, 0.25) is 5.91 Å². The maximum atomic E-state index is 11.2. The van der Waals surface area contributed by atoms with Crippen LogP contribution in [0.4, 0.5) is 0 Å². The van der Waals surface area contributed by atoms with Gasteiger partial charge in [-0.15, -0.1) is 0 Å². The lowest BCUT2D eigenvalue weighted by Gasteiger charge is -2.23. The van der Waals surface area contributed by atoms with Crippen LogP contribution in [0.3, 0.4) is 0 Å². The second-order valence-electron chi connectivity index (χ2n) is 4.74. The topological polar surface area (TPSA) is 69.6 Å². The van der Waals surface area contributed by atoms with Crippen molar-refractivity contribution in [3.8, 4) is 0 Å². The van der Waals surface area contributed by atoms with E-state index in [0.717, 1.165) is 25.9 Å². The maximum Gasteiger partial charge on any atom is 0.310 e. The average Bonchev–Trinajstić information content (AvgIpc) is 2.74. The summed E-state index contributed by atoms with van der Waals surface area (Å²) in [5, 5.41) is 11.8. The standard InChI is InChI=1S/C12H22N2O3/c1-3-12(11(16)17)6-8-14(9-12)7-4-5-10(15)13-2/h3-9H2,1-2H3,(H,13,15)(H,16,17). The van der Waals surface area contributed by atoms with Gasteiger partial charge >= 0.3 is 5.97 Å². The third-order valence-corrected chi connectivity index (χ3v) is 3.72. The summed E-state index contributed by atoms with van der Waals surface area (Å²) >= 11 is 0. The van der Waals surface area contributed by atoms with E-state index in [1.165, 1.54) is 0 Å². The molecule has 17 heavy (non-hydrogen) atoms. The smallest absolute Gasteiger partial charge is 0.310 e. The molecule has 0 spiro atoms. The molecule has 2 N–H and O–H groups in total. The number of carbonyl (C=O) groups is 2. The zero-order valence-corrected chi connectivity index (χ0v) is 10.7. The van der Waals surface area contributed by atoms with Crippen molar-refractivity contribution in [3.05, 3.63) is 0 Å². The van der Waals surface area contributed by atoms with Gasteiger partial charge in [0.15, 0.2) is 0 Å². The van der Waals surface area contributed by atoms with Crippen molar-refractivity contribution >= 4 is 11.9 Å². The molecule has 0 aliphatic carbocycles. The van der Waals surface area contributed by atoms with E-state index in [1.807, 2.05) is 6.92 Å². The normalized spacial score (nSPS) is 24.8. The lowest BCUT2D eigenvalue weighted by molar-refractivity contribution is -0.148. The van der Waals surface area contributed by atoms with Crippen molar-refractivity contribution < 1.29 is 14.7 Å². The summed E-state index contributed by atoms with van der Waals surface area (Å²) in [5.41, 5.74) is -0.562. The van der Waals surface area contributed by atoms with Crippen LogP contribution >= 0.6 is 0 Å². The van der Waals surface area contributed by atoms with Crippen molar-refractivity contribution in [2.45, 2.75) is 32.6 Å². The molecular formula is C12H22N2O3. The summed E-state index contributed by atoms with van der Waals surface area (Å²) in [7, 11) is 1.63. The molecule has 0 aromatic rings. The number of hydrogen-bond acceptors (Lipinski definition) is 3. The van der Waals surface area contributed by atoms with Crippen LogP contribution in [-0.4, -0.2) is 48.6 Å². The lowest BCUT2D eigenvalue weighted by atomic mass is 9.84. The first-order valence-corrected chi connectivity index (χ1v) is 6.20. The van der Waals surface area contributed by atoms with E-state index in [1.54, 1.807) is 7.05 Å². The van der Waals surface area contributed by atoms with Crippen LogP contribution in [0.2, 0.25) is 0 Å². The summed E-state index contributed by atoms with van der Waals surface area (Å²) < 4.78 is 0. The SMILES string of the molecule is CCC1(C(=O)O)CCN(CCCC(=O)NC)C1. The van der Waals surface area contributed by atoms with Crippen molar-refractivity contribution in [2.24, 2.45) is 5.41 Å². The molecule has 1 atom stereocenters. The highest BCUT2D eigenvalue weighted by atomic mass is 16.4. The molecule has 1 unspecified atom stereocenters. The van der Waals surface area contributed by atoms with Crippen LogP contribution in [0.25, 0.3) is 0 Å². The van der Waals surface area contributed by atoms with Gasteiger partial charge in [0.05, 0.1) is 5.41 Å². The molecule has 0 radical (unpaired) electrons. The number of nitrogens with zero attached hydrogens (tertiary/aromatic N) is 1. The average molecular weight is 242 g/mol. The van der Waals surface area contributed by atoms with Gasteiger partial charge in [-0.25, -0.2) is 0 Å². The number of rotatable bonds is 6. The Balaban J connectivity index is 2.35. The summed E-state index contributed by atoms with van der Waals surface area (Å²) in [6.07, 6.45) is 2.70. The van der Waals surface area contributed by atoms with E-state index in [4.69, 9.17) is 0 Å². The van der Waals surface area contributed by atoms with Crippen molar-refractivity contribution in [3.63, 3.8) is 0 Å². The minimum Gasteiger partial charge on any atom is -0.481 e. The Hall–Kier alpha value is -1.10. The minimum absolute atomic E-state index is 0.0455. The largest absolute Gasteiger partial charge is 0.481 e. The predicted octanol–water partition coefficient (Wildman–Crippen LogP) is 0.699. The summed E-state index contributed by atoms with van der Waals surface area (Å²) in [4.78, 5) is 24.4. The van der Waals surface area contributed by atoms with Gasteiger partial charge in [0.1, 0.15) is 0 Å². The molecule has 98 valence electrons. The predicted molar refractivity (Wildman–Crippen MR) is 64.7 cm³/mol. The highest BCUT2D eigenvalue weighted by Gasteiger charge is 2.42. The molecule has 5 heteroatoms. The number of carbonyl (C=O) groups excluding carboxylic acids is 1. The fourth-order valence-corrected chi connectivity index (χ4v) is 2.35. The highest BCUT2D eigenvalue weighted by molar-refractivity contribution is 5.75. The molecular weight excluding hydrogens is 220 g/mol. The van der Waals surface area contributed by atoms with Crippen molar-refractivity contribution in [1.29, 1.82) is 0 Å². The highest BCUT2D eigenvalue weighted by Crippen LogP contribution is 2.34. The Labute approximate surface area is 102 Å².